The van der Waals surface area contributed by atoms with Gasteiger partial charge in [-0.25, -0.2) is 4.79 Å². The molecule has 2 aromatic rings. The molecule has 3 rings (SSSR count). The number of amides is 2. The molecule has 1 aliphatic heterocycles. The van der Waals surface area contributed by atoms with Gasteiger partial charge in [0, 0.05) is 19.1 Å². The Labute approximate surface area is 152 Å². The Balaban J connectivity index is 1.71. The van der Waals surface area contributed by atoms with E-state index >= 15 is 0 Å². The van der Waals surface area contributed by atoms with Crippen molar-refractivity contribution in [3.8, 4) is 0 Å². The number of ether oxygens (including phenoxy) is 1. The van der Waals surface area contributed by atoms with Gasteiger partial charge in [0.1, 0.15) is 11.8 Å². The van der Waals surface area contributed by atoms with Crippen LogP contribution in [0.5, 0.6) is 0 Å². The van der Waals surface area contributed by atoms with E-state index in [9.17, 15) is 4.79 Å². The quantitative estimate of drug-likeness (QED) is 0.817. The van der Waals surface area contributed by atoms with Gasteiger partial charge < -0.3 is 24.3 Å². The van der Waals surface area contributed by atoms with Crippen molar-refractivity contribution in [3.05, 3.63) is 35.9 Å². The van der Waals surface area contributed by atoms with Gasteiger partial charge in [-0.1, -0.05) is 19.0 Å². The van der Waals surface area contributed by atoms with E-state index in [1.807, 2.05) is 26.8 Å². The molecule has 2 N–H and O–H groups in total. The number of nitrogens with zero attached hydrogens (tertiary/aromatic N) is 2. The van der Waals surface area contributed by atoms with Crippen LogP contribution in [0.4, 0.5) is 4.79 Å². The summed E-state index contributed by atoms with van der Waals surface area (Å²) < 4.78 is 16.2. The standard InChI is InChI=1S/C18H26N4O4/c1-11(2)16-21-17(26-22-16)15(13-6-9-24-10-7-13)20-18(23)19-12(3)14-5-4-8-25-14/h4-5,8,11-13,15H,6-7,9-10H2,1-3H3,(H2,19,20,23)/t12-,15-/m1/s1. The molecule has 142 valence electrons. The Kier molecular flexibility index (Phi) is 5.92. The van der Waals surface area contributed by atoms with E-state index in [1.165, 1.54) is 0 Å². The van der Waals surface area contributed by atoms with E-state index in [4.69, 9.17) is 13.7 Å². The molecule has 1 fully saturated rings. The first-order valence-electron chi connectivity index (χ1n) is 9.06. The van der Waals surface area contributed by atoms with Crippen LogP contribution >= 0.6 is 0 Å². The maximum absolute atomic E-state index is 12.5. The predicted octanol–water partition coefficient (Wildman–Crippen LogP) is 3.31. The first-order chi connectivity index (χ1) is 12.5. The number of hydrogen-bond donors (Lipinski definition) is 2. The highest BCUT2D eigenvalue weighted by molar-refractivity contribution is 5.74. The lowest BCUT2D eigenvalue weighted by Crippen LogP contribution is -2.42. The minimum atomic E-state index is -0.345. The summed E-state index contributed by atoms with van der Waals surface area (Å²) in [6.07, 6.45) is 3.25. The molecule has 3 heterocycles. The van der Waals surface area contributed by atoms with Crippen molar-refractivity contribution in [1.29, 1.82) is 0 Å². The third-order valence-electron chi connectivity index (χ3n) is 4.58. The zero-order chi connectivity index (χ0) is 18.5. The zero-order valence-electron chi connectivity index (χ0n) is 15.4. The summed E-state index contributed by atoms with van der Waals surface area (Å²) in [6.45, 7) is 7.20. The number of furan rings is 1. The monoisotopic (exact) mass is 362 g/mol. The molecule has 0 radical (unpaired) electrons. The maximum atomic E-state index is 12.5. The van der Waals surface area contributed by atoms with Crippen LogP contribution in [0.2, 0.25) is 0 Å². The van der Waals surface area contributed by atoms with E-state index in [-0.39, 0.29) is 30.0 Å². The van der Waals surface area contributed by atoms with Gasteiger partial charge in [0.05, 0.1) is 12.3 Å². The molecular formula is C18H26N4O4. The van der Waals surface area contributed by atoms with Gasteiger partial charge in [0.25, 0.3) is 0 Å². The van der Waals surface area contributed by atoms with Crippen LogP contribution in [0.15, 0.2) is 27.3 Å². The zero-order valence-corrected chi connectivity index (χ0v) is 15.4. The Morgan fingerprint density at radius 3 is 2.62 bits per heavy atom. The molecule has 8 nitrogen and oxygen atoms in total. The van der Waals surface area contributed by atoms with E-state index in [0.717, 1.165) is 12.8 Å². The largest absolute Gasteiger partial charge is 0.467 e. The first-order valence-corrected chi connectivity index (χ1v) is 9.06. The van der Waals surface area contributed by atoms with Crippen molar-refractivity contribution < 1.29 is 18.5 Å². The summed E-state index contributed by atoms with van der Waals surface area (Å²) in [4.78, 5) is 17.0. The van der Waals surface area contributed by atoms with Crippen LogP contribution in [0.3, 0.4) is 0 Å². The third kappa shape index (κ3) is 4.43. The van der Waals surface area contributed by atoms with E-state index in [0.29, 0.717) is 30.7 Å². The summed E-state index contributed by atoms with van der Waals surface area (Å²) in [5.74, 6) is 2.14. The van der Waals surface area contributed by atoms with E-state index in [1.54, 1.807) is 12.3 Å². The highest BCUT2D eigenvalue weighted by Crippen LogP contribution is 2.30. The summed E-state index contributed by atoms with van der Waals surface area (Å²) in [6, 6.07) is 2.74. The van der Waals surface area contributed by atoms with Gasteiger partial charge in [-0.3, -0.25) is 0 Å². The molecule has 1 aliphatic rings. The van der Waals surface area contributed by atoms with Crippen molar-refractivity contribution >= 4 is 6.03 Å². The second-order valence-electron chi connectivity index (χ2n) is 6.93. The number of carbonyl (C=O) groups excluding carboxylic acids is 1. The second kappa shape index (κ2) is 8.35. The Morgan fingerprint density at radius 1 is 1.23 bits per heavy atom. The van der Waals surface area contributed by atoms with Crippen LogP contribution in [-0.4, -0.2) is 29.4 Å². The number of carbonyl (C=O) groups is 1. The van der Waals surface area contributed by atoms with Crippen LogP contribution in [0, 0.1) is 5.92 Å². The average molecular weight is 362 g/mol. The SMILES string of the molecule is CC(C)c1noc([C@H](NC(=O)N[C@H](C)c2ccco2)C2CCOCC2)n1. The summed E-state index contributed by atoms with van der Waals surface area (Å²) in [7, 11) is 0. The van der Waals surface area contributed by atoms with Gasteiger partial charge in [-0.2, -0.15) is 4.98 Å². The fourth-order valence-electron chi connectivity index (χ4n) is 3.03. The van der Waals surface area contributed by atoms with Crippen LogP contribution in [0.1, 0.15) is 69.1 Å². The molecule has 1 saturated heterocycles. The highest BCUT2D eigenvalue weighted by Gasteiger charge is 2.32. The molecular weight excluding hydrogens is 336 g/mol. The highest BCUT2D eigenvalue weighted by atomic mass is 16.5. The number of rotatable bonds is 6. The molecule has 8 heteroatoms. The smallest absolute Gasteiger partial charge is 0.316 e. The van der Waals surface area contributed by atoms with Crippen molar-refractivity contribution in [3.63, 3.8) is 0 Å². The maximum Gasteiger partial charge on any atom is 0.316 e. The third-order valence-corrected chi connectivity index (χ3v) is 4.58. The minimum Gasteiger partial charge on any atom is -0.467 e. The molecule has 0 aromatic carbocycles. The van der Waals surface area contributed by atoms with Gasteiger partial charge in [-0.15, -0.1) is 0 Å². The first kappa shape index (κ1) is 18.4. The summed E-state index contributed by atoms with van der Waals surface area (Å²) >= 11 is 0. The average Bonchev–Trinajstić information content (AvgIpc) is 3.32. The second-order valence-corrected chi connectivity index (χ2v) is 6.93. The molecule has 2 atom stereocenters. The molecule has 0 saturated carbocycles. The molecule has 2 aromatic heterocycles. The van der Waals surface area contributed by atoms with Crippen molar-refractivity contribution in [2.45, 2.75) is 51.6 Å². The van der Waals surface area contributed by atoms with Crippen molar-refractivity contribution in [2.75, 3.05) is 13.2 Å². The lowest BCUT2D eigenvalue weighted by molar-refractivity contribution is 0.0502. The molecule has 0 unspecified atom stereocenters. The Bertz CT molecular complexity index is 692. The topological polar surface area (TPSA) is 102 Å². The molecule has 26 heavy (non-hydrogen) atoms. The van der Waals surface area contributed by atoms with E-state index < -0.39 is 0 Å². The number of nitrogens with one attached hydrogen (secondary N) is 2. The lowest BCUT2D eigenvalue weighted by Gasteiger charge is -2.29. The number of urea groups is 1. The molecule has 0 spiro atoms. The van der Waals surface area contributed by atoms with Crippen LogP contribution in [-0.2, 0) is 4.74 Å². The number of hydrogen-bond acceptors (Lipinski definition) is 6. The minimum absolute atomic E-state index is 0.163. The normalized spacial score (nSPS) is 17.8. The Morgan fingerprint density at radius 2 is 2.00 bits per heavy atom. The van der Waals surface area contributed by atoms with Gasteiger partial charge >= 0.3 is 6.03 Å². The Hall–Kier alpha value is -2.35. The summed E-state index contributed by atoms with van der Waals surface area (Å²) in [5.41, 5.74) is 0. The van der Waals surface area contributed by atoms with Gasteiger partial charge in [-0.05, 0) is 37.8 Å². The molecule has 2 amide bonds. The molecule has 0 aliphatic carbocycles. The van der Waals surface area contributed by atoms with Crippen molar-refractivity contribution in [2.24, 2.45) is 5.92 Å². The fourth-order valence-corrected chi connectivity index (χ4v) is 3.03. The predicted molar refractivity (Wildman–Crippen MR) is 93.5 cm³/mol. The lowest BCUT2D eigenvalue weighted by atomic mass is 9.91. The van der Waals surface area contributed by atoms with E-state index in [2.05, 4.69) is 20.8 Å². The van der Waals surface area contributed by atoms with Crippen LogP contribution < -0.4 is 10.6 Å². The summed E-state index contributed by atoms with van der Waals surface area (Å²) in [5, 5.41) is 9.93. The molecule has 0 bridgehead atoms. The van der Waals surface area contributed by atoms with Crippen LogP contribution in [0.25, 0.3) is 0 Å². The van der Waals surface area contributed by atoms with Gasteiger partial charge in [0.2, 0.25) is 5.89 Å². The van der Waals surface area contributed by atoms with Gasteiger partial charge in [0.15, 0.2) is 5.82 Å². The number of aromatic nitrogens is 2. The van der Waals surface area contributed by atoms with Crippen molar-refractivity contribution in [1.82, 2.24) is 20.8 Å². The fraction of sp³-hybridized carbons (Fsp3) is 0.611.